The van der Waals surface area contributed by atoms with Crippen molar-refractivity contribution in [2.75, 3.05) is 10.6 Å². The minimum absolute atomic E-state index is 0.190. The molecule has 0 aliphatic heterocycles. The van der Waals surface area contributed by atoms with E-state index in [1.165, 1.54) is 12.4 Å². The summed E-state index contributed by atoms with van der Waals surface area (Å²) in [5, 5.41) is 5.73. The molecule has 0 atom stereocenters. The summed E-state index contributed by atoms with van der Waals surface area (Å²) in [6.07, 6.45) is 7.08. The molecule has 0 saturated carbocycles. The summed E-state index contributed by atoms with van der Waals surface area (Å²) < 4.78 is 0. The van der Waals surface area contributed by atoms with Crippen molar-refractivity contribution in [1.82, 2.24) is 9.97 Å². The Kier molecular flexibility index (Phi) is 6.09. The predicted molar refractivity (Wildman–Crippen MR) is 120 cm³/mol. The zero-order chi connectivity index (χ0) is 21.5. The van der Waals surface area contributed by atoms with Crippen molar-refractivity contribution in [3.63, 3.8) is 0 Å². The number of anilines is 2. The van der Waals surface area contributed by atoms with Gasteiger partial charge in [-0.2, -0.15) is 0 Å². The number of hydrogen-bond donors (Lipinski definition) is 2. The highest BCUT2D eigenvalue weighted by molar-refractivity contribution is 6.04. The first-order valence-electron chi connectivity index (χ1n) is 9.78. The molecular formula is C25H20N4O2. The molecule has 2 aromatic carbocycles. The van der Waals surface area contributed by atoms with E-state index in [0.29, 0.717) is 11.1 Å². The van der Waals surface area contributed by atoms with Crippen LogP contribution in [0.5, 0.6) is 0 Å². The quantitative estimate of drug-likeness (QED) is 0.489. The van der Waals surface area contributed by atoms with Crippen molar-refractivity contribution >= 4 is 23.2 Å². The summed E-state index contributed by atoms with van der Waals surface area (Å²) in [4.78, 5) is 32.3. The maximum absolute atomic E-state index is 12.2. The molecule has 0 saturated heterocycles. The smallest absolute Gasteiger partial charge is 0.257 e. The summed E-state index contributed by atoms with van der Waals surface area (Å²) in [7, 11) is 0. The Hall–Kier alpha value is -4.32. The predicted octanol–water partition coefficient (Wildman–Crippen LogP) is 4.57. The van der Waals surface area contributed by atoms with Gasteiger partial charge < -0.3 is 10.6 Å². The van der Waals surface area contributed by atoms with Crippen LogP contribution in [0.15, 0.2) is 97.6 Å². The first-order chi connectivity index (χ1) is 15.2. The van der Waals surface area contributed by atoms with E-state index in [-0.39, 0.29) is 11.8 Å². The molecule has 0 spiro atoms. The number of hydrogen-bond acceptors (Lipinski definition) is 4. The molecule has 2 N–H and O–H groups in total. The molecule has 6 nitrogen and oxygen atoms in total. The Morgan fingerprint density at radius 1 is 0.613 bits per heavy atom. The van der Waals surface area contributed by atoms with Crippen LogP contribution in [-0.4, -0.2) is 21.8 Å². The van der Waals surface area contributed by atoms with Gasteiger partial charge in [0.15, 0.2) is 0 Å². The topological polar surface area (TPSA) is 84.0 Å². The zero-order valence-corrected chi connectivity index (χ0v) is 16.7. The molecule has 6 heteroatoms. The molecule has 0 radical (unpaired) electrons. The van der Waals surface area contributed by atoms with E-state index >= 15 is 0 Å². The molecule has 0 aliphatic carbocycles. The summed E-state index contributed by atoms with van der Waals surface area (Å²) >= 11 is 0. The van der Waals surface area contributed by atoms with Gasteiger partial charge in [0.1, 0.15) is 0 Å². The van der Waals surface area contributed by atoms with Crippen LogP contribution in [0.3, 0.4) is 0 Å². The van der Waals surface area contributed by atoms with E-state index in [2.05, 4.69) is 20.6 Å². The molecule has 0 fully saturated rings. The fourth-order valence-electron chi connectivity index (χ4n) is 3.05. The lowest BCUT2D eigenvalue weighted by Gasteiger charge is -2.08. The Bertz CT molecular complexity index is 1060. The fraction of sp³-hybridized carbons (Fsp3) is 0.0400. The van der Waals surface area contributed by atoms with Crippen LogP contribution in [0.2, 0.25) is 0 Å². The number of pyridine rings is 2. The number of nitrogens with one attached hydrogen (secondary N) is 2. The number of carbonyl (C=O) groups excluding carboxylic acids is 2. The lowest BCUT2D eigenvalue weighted by atomic mass is 10.0. The molecule has 4 aromatic rings. The lowest BCUT2D eigenvalue weighted by molar-refractivity contribution is 0.101. The van der Waals surface area contributed by atoms with Gasteiger partial charge in [-0.25, -0.2) is 0 Å². The number of benzene rings is 2. The van der Waals surface area contributed by atoms with Crippen molar-refractivity contribution in [1.29, 1.82) is 0 Å². The Morgan fingerprint density at radius 3 is 1.39 bits per heavy atom. The highest BCUT2D eigenvalue weighted by Crippen LogP contribution is 2.17. The number of carbonyl (C=O) groups is 2. The molecule has 0 bridgehead atoms. The first-order valence-corrected chi connectivity index (χ1v) is 9.78. The molecule has 2 amide bonds. The van der Waals surface area contributed by atoms with Crippen LogP contribution in [0.1, 0.15) is 31.8 Å². The zero-order valence-electron chi connectivity index (χ0n) is 16.7. The van der Waals surface area contributed by atoms with Crippen molar-refractivity contribution < 1.29 is 9.59 Å². The van der Waals surface area contributed by atoms with Gasteiger partial charge in [-0.05, 0) is 66.1 Å². The maximum Gasteiger partial charge on any atom is 0.257 e. The van der Waals surface area contributed by atoms with Gasteiger partial charge in [0.05, 0.1) is 11.1 Å². The van der Waals surface area contributed by atoms with Gasteiger partial charge in [-0.1, -0.05) is 24.3 Å². The van der Waals surface area contributed by atoms with E-state index in [0.717, 1.165) is 28.9 Å². The van der Waals surface area contributed by atoms with Crippen molar-refractivity contribution in [3.8, 4) is 0 Å². The fourth-order valence-corrected chi connectivity index (χ4v) is 3.05. The minimum Gasteiger partial charge on any atom is -0.322 e. The number of amides is 2. The molecule has 152 valence electrons. The van der Waals surface area contributed by atoms with Gasteiger partial charge in [-0.3, -0.25) is 19.6 Å². The van der Waals surface area contributed by atoms with Crippen LogP contribution in [-0.2, 0) is 6.42 Å². The third-order valence-electron chi connectivity index (χ3n) is 4.68. The minimum atomic E-state index is -0.190. The molecule has 31 heavy (non-hydrogen) atoms. The monoisotopic (exact) mass is 408 g/mol. The SMILES string of the molecule is O=C(Nc1ccc(Cc2ccc(NC(=O)c3cccnc3)cc2)cc1)c1cccnc1. The van der Waals surface area contributed by atoms with Crippen LogP contribution >= 0.6 is 0 Å². The third-order valence-corrected chi connectivity index (χ3v) is 4.68. The standard InChI is InChI=1S/C25H20N4O2/c30-24(20-3-1-13-26-16-20)28-22-9-5-18(6-10-22)15-19-7-11-23(12-8-19)29-25(31)21-4-2-14-27-17-21/h1-14,16-17H,15H2,(H,28,30)(H,29,31). The maximum atomic E-state index is 12.2. The summed E-state index contributed by atoms with van der Waals surface area (Å²) in [5.74, 6) is -0.380. The van der Waals surface area contributed by atoms with Gasteiger partial charge >= 0.3 is 0 Å². The highest BCUT2D eigenvalue weighted by Gasteiger charge is 2.07. The van der Waals surface area contributed by atoms with E-state index < -0.39 is 0 Å². The van der Waals surface area contributed by atoms with Gasteiger partial charge in [0.25, 0.3) is 11.8 Å². The van der Waals surface area contributed by atoms with Crippen LogP contribution in [0.4, 0.5) is 11.4 Å². The van der Waals surface area contributed by atoms with Gasteiger partial charge in [0, 0.05) is 36.2 Å². The summed E-state index contributed by atoms with van der Waals surface area (Å²) in [6.45, 7) is 0. The summed E-state index contributed by atoms with van der Waals surface area (Å²) in [6, 6.07) is 22.4. The number of aromatic nitrogens is 2. The van der Waals surface area contributed by atoms with Crippen LogP contribution in [0.25, 0.3) is 0 Å². The number of rotatable bonds is 6. The molecule has 0 unspecified atom stereocenters. The molecular weight excluding hydrogens is 388 g/mol. The normalized spacial score (nSPS) is 10.3. The summed E-state index contributed by atoms with van der Waals surface area (Å²) in [5.41, 5.74) is 4.72. The van der Waals surface area contributed by atoms with Crippen molar-refractivity contribution in [3.05, 3.63) is 120 Å². The number of nitrogens with zero attached hydrogens (tertiary/aromatic N) is 2. The van der Waals surface area contributed by atoms with Crippen LogP contribution in [0, 0.1) is 0 Å². The van der Waals surface area contributed by atoms with Crippen molar-refractivity contribution in [2.24, 2.45) is 0 Å². The van der Waals surface area contributed by atoms with Crippen molar-refractivity contribution in [2.45, 2.75) is 6.42 Å². The van der Waals surface area contributed by atoms with E-state index in [4.69, 9.17) is 0 Å². The lowest BCUT2D eigenvalue weighted by Crippen LogP contribution is -2.12. The Labute approximate surface area is 180 Å². The first kappa shape index (κ1) is 20.0. The van der Waals surface area contributed by atoms with E-state index in [1.54, 1.807) is 36.7 Å². The second-order valence-corrected chi connectivity index (χ2v) is 6.96. The van der Waals surface area contributed by atoms with Crippen LogP contribution < -0.4 is 10.6 Å². The second kappa shape index (κ2) is 9.45. The molecule has 2 aromatic heterocycles. The largest absolute Gasteiger partial charge is 0.322 e. The molecule has 0 aliphatic rings. The van der Waals surface area contributed by atoms with Gasteiger partial charge in [0.2, 0.25) is 0 Å². The third kappa shape index (κ3) is 5.39. The highest BCUT2D eigenvalue weighted by atomic mass is 16.2. The Morgan fingerprint density at radius 2 is 1.03 bits per heavy atom. The van der Waals surface area contributed by atoms with Gasteiger partial charge in [-0.15, -0.1) is 0 Å². The average Bonchev–Trinajstić information content (AvgIpc) is 2.82. The van der Waals surface area contributed by atoms with E-state index in [1.807, 2.05) is 48.5 Å². The van der Waals surface area contributed by atoms with E-state index in [9.17, 15) is 9.59 Å². The second-order valence-electron chi connectivity index (χ2n) is 6.96. The molecule has 2 heterocycles. The molecule has 4 rings (SSSR count). The average molecular weight is 408 g/mol. The Balaban J connectivity index is 1.34.